The number of rotatable bonds is 0. The Kier molecular flexibility index (Phi) is 1.98. The SMILES string of the molecule is Brc1cnc2cc3c(cc2n1)OCCO3. The Labute approximate surface area is 94.4 Å². The number of ether oxygens (including phenoxy) is 2. The molecular weight excluding hydrogens is 260 g/mol. The van der Waals surface area contributed by atoms with E-state index in [-0.39, 0.29) is 0 Å². The van der Waals surface area contributed by atoms with Gasteiger partial charge in [-0.2, -0.15) is 0 Å². The van der Waals surface area contributed by atoms with Crippen LogP contribution in [0.4, 0.5) is 0 Å². The number of hydrogen-bond acceptors (Lipinski definition) is 4. The highest BCUT2D eigenvalue weighted by atomic mass is 79.9. The van der Waals surface area contributed by atoms with E-state index < -0.39 is 0 Å². The number of fused-ring (bicyclic) bond motifs is 2. The Morgan fingerprint density at radius 2 is 1.73 bits per heavy atom. The van der Waals surface area contributed by atoms with Crippen molar-refractivity contribution >= 4 is 27.0 Å². The van der Waals surface area contributed by atoms with E-state index in [0.29, 0.717) is 17.8 Å². The molecule has 0 N–H and O–H groups in total. The van der Waals surface area contributed by atoms with Crippen molar-refractivity contribution in [3.05, 3.63) is 22.9 Å². The highest BCUT2D eigenvalue weighted by Crippen LogP contribution is 2.33. The van der Waals surface area contributed by atoms with Crippen LogP contribution in [-0.4, -0.2) is 23.2 Å². The molecule has 76 valence electrons. The lowest BCUT2D eigenvalue weighted by atomic mass is 10.2. The molecule has 2 aromatic rings. The van der Waals surface area contributed by atoms with Gasteiger partial charge in [-0.05, 0) is 15.9 Å². The fourth-order valence-electron chi connectivity index (χ4n) is 1.53. The van der Waals surface area contributed by atoms with E-state index in [4.69, 9.17) is 9.47 Å². The number of halogens is 1. The second-order valence-corrected chi connectivity index (χ2v) is 3.99. The Balaban J connectivity index is 2.26. The van der Waals surface area contributed by atoms with Crippen LogP contribution in [0.2, 0.25) is 0 Å². The molecule has 4 nitrogen and oxygen atoms in total. The number of aromatic nitrogens is 2. The number of benzene rings is 1. The smallest absolute Gasteiger partial charge is 0.163 e. The average molecular weight is 267 g/mol. The molecule has 3 rings (SSSR count). The third-order valence-electron chi connectivity index (χ3n) is 2.18. The van der Waals surface area contributed by atoms with Crippen LogP contribution < -0.4 is 9.47 Å². The Morgan fingerprint density at radius 1 is 1.07 bits per heavy atom. The maximum Gasteiger partial charge on any atom is 0.163 e. The lowest BCUT2D eigenvalue weighted by Gasteiger charge is -2.18. The first-order valence-corrected chi connectivity index (χ1v) is 5.34. The van der Waals surface area contributed by atoms with Crippen LogP contribution in [0.3, 0.4) is 0 Å². The minimum atomic E-state index is 0.583. The van der Waals surface area contributed by atoms with Crippen LogP contribution in [0.25, 0.3) is 11.0 Å². The highest BCUT2D eigenvalue weighted by Gasteiger charge is 2.13. The molecule has 1 aliphatic heterocycles. The van der Waals surface area contributed by atoms with Crippen LogP contribution >= 0.6 is 15.9 Å². The van der Waals surface area contributed by atoms with E-state index in [9.17, 15) is 0 Å². The van der Waals surface area contributed by atoms with E-state index in [1.165, 1.54) is 0 Å². The fourth-order valence-corrected chi connectivity index (χ4v) is 1.82. The zero-order valence-corrected chi connectivity index (χ0v) is 9.32. The Bertz CT molecular complexity index is 530. The van der Waals surface area contributed by atoms with Crippen molar-refractivity contribution in [1.29, 1.82) is 0 Å². The predicted molar refractivity (Wildman–Crippen MR) is 58.2 cm³/mol. The summed E-state index contributed by atoms with van der Waals surface area (Å²) in [6.07, 6.45) is 1.67. The topological polar surface area (TPSA) is 44.2 Å². The van der Waals surface area contributed by atoms with Crippen LogP contribution in [-0.2, 0) is 0 Å². The monoisotopic (exact) mass is 266 g/mol. The van der Waals surface area contributed by atoms with Gasteiger partial charge in [0.25, 0.3) is 0 Å². The van der Waals surface area contributed by atoms with Gasteiger partial charge in [-0.15, -0.1) is 0 Å². The molecule has 0 aliphatic carbocycles. The summed E-state index contributed by atoms with van der Waals surface area (Å²) in [5, 5.41) is 0. The van der Waals surface area contributed by atoms with Crippen molar-refractivity contribution in [2.45, 2.75) is 0 Å². The van der Waals surface area contributed by atoms with Crippen molar-refractivity contribution in [3.63, 3.8) is 0 Å². The van der Waals surface area contributed by atoms with E-state index in [1.54, 1.807) is 6.20 Å². The summed E-state index contributed by atoms with van der Waals surface area (Å²) in [6.45, 7) is 1.17. The van der Waals surface area contributed by atoms with Gasteiger partial charge >= 0.3 is 0 Å². The number of hydrogen-bond donors (Lipinski definition) is 0. The molecule has 1 aliphatic rings. The molecule has 1 aromatic heterocycles. The largest absolute Gasteiger partial charge is 0.486 e. The average Bonchev–Trinajstić information content (AvgIpc) is 2.26. The molecule has 5 heteroatoms. The second-order valence-electron chi connectivity index (χ2n) is 3.18. The van der Waals surface area contributed by atoms with Gasteiger partial charge in [0.2, 0.25) is 0 Å². The minimum absolute atomic E-state index is 0.583. The molecule has 2 heterocycles. The van der Waals surface area contributed by atoms with Crippen LogP contribution in [0, 0.1) is 0 Å². The third kappa shape index (κ3) is 1.52. The maximum atomic E-state index is 5.46. The second kappa shape index (κ2) is 3.34. The summed E-state index contributed by atoms with van der Waals surface area (Å²) < 4.78 is 11.6. The zero-order valence-electron chi connectivity index (χ0n) is 7.74. The maximum absolute atomic E-state index is 5.46. The van der Waals surface area contributed by atoms with E-state index >= 15 is 0 Å². The van der Waals surface area contributed by atoms with Gasteiger partial charge in [0.05, 0.1) is 17.2 Å². The summed E-state index contributed by atoms with van der Waals surface area (Å²) in [5.41, 5.74) is 1.61. The molecule has 0 saturated heterocycles. The van der Waals surface area contributed by atoms with E-state index in [1.807, 2.05) is 12.1 Å². The summed E-state index contributed by atoms with van der Waals surface area (Å²) >= 11 is 3.28. The fraction of sp³-hybridized carbons (Fsp3) is 0.200. The minimum Gasteiger partial charge on any atom is -0.486 e. The molecule has 15 heavy (non-hydrogen) atoms. The van der Waals surface area contributed by atoms with Gasteiger partial charge in [0.15, 0.2) is 11.5 Å². The Morgan fingerprint density at radius 3 is 2.47 bits per heavy atom. The van der Waals surface area contributed by atoms with Crippen LogP contribution in [0.1, 0.15) is 0 Å². The van der Waals surface area contributed by atoms with Crippen molar-refractivity contribution in [1.82, 2.24) is 9.97 Å². The molecule has 0 saturated carbocycles. The first kappa shape index (κ1) is 8.91. The van der Waals surface area contributed by atoms with Crippen LogP contribution in [0.5, 0.6) is 11.5 Å². The molecule has 1 aromatic carbocycles. The molecule has 0 fully saturated rings. The summed E-state index contributed by atoms with van der Waals surface area (Å²) in [4.78, 5) is 8.55. The molecule has 0 atom stereocenters. The van der Waals surface area contributed by atoms with Crippen molar-refractivity contribution in [2.75, 3.05) is 13.2 Å². The highest BCUT2D eigenvalue weighted by molar-refractivity contribution is 9.10. The van der Waals surface area contributed by atoms with Crippen molar-refractivity contribution in [2.24, 2.45) is 0 Å². The third-order valence-corrected chi connectivity index (χ3v) is 2.56. The summed E-state index contributed by atoms with van der Waals surface area (Å²) in [6, 6.07) is 3.70. The quantitative estimate of drug-likeness (QED) is 0.733. The molecule has 0 amide bonds. The van der Waals surface area contributed by atoms with Gasteiger partial charge in [0.1, 0.15) is 17.8 Å². The van der Waals surface area contributed by atoms with Gasteiger partial charge in [-0.25, -0.2) is 4.98 Å². The lowest BCUT2D eigenvalue weighted by Crippen LogP contribution is -2.15. The molecule has 0 bridgehead atoms. The van der Waals surface area contributed by atoms with Gasteiger partial charge in [-0.3, -0.25) is 4.98 Å². The van der Waals surface area contributed by atoms with Crippen molar-refractivity contribution in [3.8, 4) is 11.5 Å². The van der Waals surface area contributed by atoms with Crippen molar-refractivity contribution < 1.29 is 9.47 Å². The standard InChI is InChI=1S/C10H7BrN2O2/c11-10-5-12-6-3-8-9(4-7(6)13-10)15-2-1-14-8/h3-5H,1-2H2. The predicted octanol–water partition coefficient (Wildman–Crippen LogP) is 2.16. The lowest BCUT2D eigenvalue weighted by molar-refractivity contribution is 0.172. The molecular formula is C10H7BrN2O2. The van der Waals surface area contributed by atoms with Gasteiger partial charge in [0, 0.05) is 12.1 Å². The first-order valence-electron chi connectivity index (χ1n) is 4.55. The molecule has 0 unspecified atom stereocenters. The van der Waals surface area contributed by atoms with E-state index in [0.717, 1.165) is 22.5 Å². The van der Waals surface area contributed by atoms with E-state index in [2.05, 4.69) is 25.9 Å². The summed E-state index contributed by atoms with van der Waals surface area (Å²) in [7, 11) is 0. The molecule has 0 spiro atoms. The first-order chi connectivity index (χ1) is 7.33. The van der Waals surface area contributed by atoms with Gasteiger partial charge in [-0.1, -0.05) is 0 Å². The zero-order chi connectivity index (χ0) is 10.3. The summed E-state index contributed by atoms with van der Waals surface area (Å²) in [5.74, 6) is 1.48. The van der Waals surface area contributed by atoms with Crippen LogP contribution in [0.15, 0.2) is 22.9 Å². The van der Waals surface area contributed by atoms with Gasteiger partial charge < -0.3 is 9.47 Å². The normalized spacial score (nSPS) is 14.2. The molecule has 0 radical (unpaired) electrons. The Hall–Kier alpha value is -1.36. The number of nitrogens with zero attached hydrogens (tertiary/aromatic N) is 2.